The fourth-order valence-electron chi connectivity index (χ4n) is 1.61. The van der Waals surface area contributed by atoms with Crippen molar-refractivity contribution in [3.8, 4) is 0 Å². The van der Waals surface area contributed by atoms with Crippen LogP contribution < -0.4 is 5.32 Å². The average Bonchev–Trinajstić information content (AvgIpc) is 2.30. The highest BCUT2D eigenvalue weighted by atomic mass is 32.2. The van der Waals surface area contributed by atoms with Gasteiger partial charge in [-0.1, -0.05) is 13.8 Å². The van der Waals surface area contributed by atoms with Crippen molar-refractivity contribution in [2.24, 2.45) is 0 Å². The zero-order valence-electron chi connectivity index (χ0n) is 12.0. The van der Waals surface area contributed by atoms with Gasteiger partial charge in [-0.05, 0) is 24.6 Å². The smallest absolute Gasteiger partial charge is 0.242 e. The van der Waals surface area contributed by atoms with E-state index in [0.717, 1.165) is 4.31 Å². The summed E-state index contributed by atoms with van der Waals surface area (Å²) < 4.78 is 39.2. The summed E-state index contributed by atoms with van der Waals surface area (Å²) in [5, 5.41) is 3.09. The van der Waals surface area contributed by atoms with E-state index in [1.807, 2.05) is 13.8 Å². The Morgan fingerprint density at radius 2 is 1.89 bits per heavy atom. The average molecular weight is 288 g/mol. The predicted octanol–water partition coefficient (Wildman–Crippen LogP) is 1.88. The summed E-state index contributed by atoms with van der Waals surface area (Å²) in [7, 11) is -0.622. The van der Waals surface area contributed by atoms with E-state index in [1.165, 1.54) is 26.2 Å². The number of aryl methyl sites for hydroxylation is 1. The van der Waals surface area contributed by atoms with Crippen molar-refractivity contribution in [3.05, 3.63) is 29.1 Å². The number of hydrogen-bond donors (Lipinski definition) is 1. The first kappa shape index (κ1) is 16.1. The fourth-order valence-corrected chi connectivity index (χ4v) is 2.65. The summed E-state index contributed by atoms with van der Waals surface area (Å²) in [6.07, 6.45) is 0. The first-order valence-corrected chi connectivity index (χ1v) is 7.55. The molecule has 0 aliphatic rings. The number of nitrogens with one attached hydrogen (secondary N) is 1. The van der Waals surface area contributed by atoms with Crippen LogP contribution in [-0.2, 0) is 16.6 Å². The number of rotatable bonds is 5. The van der Waals surface area contributed by atoms with Crippen molar-refractivity contribution in [2.45, 2.75) is 38.3 Å². The number of halogens is 1. The molecule has 0 bridgehead atoms. The highest BCUT2D eigenvalue weighted by Gasteiger charge is 2.20. The van der Waals surface area contributed by atoms with Gasteiger partial charge in [0.15, 0.2) is 0 Å². The second-order valence-electron chi connectivity index (χ2n) is 5.04. The molecular weight excluding hydrogens is 267 g/mol. The third-order valence-electron chi connectivity index (χ3n) is 2.78. The van der Waals surface area contributed by atoms with E-state index < -0.39 is 10.0 Å². The third-order valence-corrected chi connectivity index (χ3v) is 4.58. The van der Waals surface area contributed by atoms with E-state index in [4.69, 9.17) is 0 Å². The molecule has 0 amide bonds. The Balaban J connectivity index is 3.24. The lowest BCUT2D eigenvalue weighted by Gasteiger charge is -2.15. The summed E-state index contributed by atoms with van der Waals surface area (Å²) in [4.78, 5) is 0.122. The summed E-state index contributed by atoms with van der Waals surface area (Å²) in [5.74, 6) is -0.356. The maximum atomic E-state index is 14.0. The lowest BCUT2D eigenvalue weighted by molar-refractivity contribution is 0.518. The van der Waals surface area contributed by atoms with Gasteiger partial charge >= 0.3 is 0 Å². The number of nitrogens with zero attached hydrogens (tertiary/aromatic N) is 1. The molecular formula is C13H21FN2O2S. The van der Waals surface area contributed by atoms with Crippen LogP contribution in [0.5, 0.6) is 0 Å². The first-order chi connectivity index (χ1) is 8.66. The van der Waals surface area contributed by atoms with E-state index in [-0.39, 0.29) is 16.8 Å². The van der Waals surface area contributed by atoms with Gasteiger partial charge in [-0.3, -0.25) is 0 Å². The Hall–Kier alpha value is -0.980. The SMILES string of the molecule is Cc1cc(S(=O)(=O)N(C)C)cc(CNC(C)C)c1F. The molecule has 0 radical (unpaired) electrons. The third kappa shape index (κ3) is 3.75. The molecule has 0 aromatic heterocycles. The van der Waals surface area contributed by atoms with E-state index in [1.54, 1.807) is 6.92 Å². The van der Waals surface area contributed by atoms with Gasteiger partial charge in [0.2, 0.25) is 10.0 Å². The lowest BCUT2D eigenvalue weighted by Crippen LogP contribution is -2.25. The zero-order valence-corrected chi connectivity index (χ0v) is 12.8. The van der Waals surface area contributed by atoms with Crippen molar-refractivity contribution in [3.63, 3.8) is 0 Å². The minimum Gasteiger partial charge on any atom is -0.310 e. The number of hydrogen-bond acceptors (Lipinski definition) is 3. The molecule has 108 valence electrons. The molecule has 0 fully saturated rings. The van der Waals surface area contributed by atoms with Gasteiger partial charge in [0.05, 0.1) is 4.90 Å². The molecule has 0 saturated carbocycles. The molecule has 19 heavy (non-hydrogen) atoms. The van der Waals surface area contributed by atoms with Gasteiger partial charge in [0.25, 0.3) is 0 Å². The van der Waals surface area contributed by atoms with Gasteiger partial charge in [-0.25, -0.2) is 17.1 Å². The highest BCUT2D eigenvalue weighted by Crippen LogP contribution is 2.21. The van der Waals surface area contributed by atoms with Crippen LogP contribution in [0.15, 0.2) is 17.0 Å². The van der Waals surface area contributed by atoms with Crippen LogP contribution in [0.1, 0.15) is 25.0 Å². The van der Waals surface area contributed by atoms with E-state index in [2.05, 4.69) is 5.32 Å². The van der Waals surface area contributed by atoms with Crippen molar-refractivity contribution in [2.75, 3.05) is 14.1 Å². The second-order valence-corrected chi connectivity index (χ2v) is 7.19. The minimum absolute atomic E-state index is 0.122. The largest absolute Gasteiger partial charge is 0.310 e. The molecule has 0 heterocycles. The Labute approximate surface area is 114 Å². The Morgan fingerprint density at radius 3 is 2.37 bits per heavy atom. The number of benzene rings is 1. The van der Waals surface area contributed by atoms with Crippen LogP contribution in [0.25, 0.3) is 0 Å². The quantitative estimate of drug-likeness (QED) is 0.900. The predicted molar refractivity (Wildman–Crippen MR) is 74.0 cm³/mol. The van der Waals surface area contributed by atoms with Gasteiger partial charge in [-0.2, -0.15) is 0 Å². The van der Waals surface area contributed by atoms with Crippen LogP contribution in [0.4, 0.5) is 4.39 Å². The molecule has 1 rings (SSSR count). The maximum absolute atomic E-state index is 14.0. The first-order valence-electron chi connectivity index (χ1n) is 6.11. The molecule has 0 saturated heterocycles. The summed E-state index contributed by atoms with van der Waals surface area (Å²) in [6.45, 7) is 5.78. The maximum Gasteiger partial charge on any atom is 0.242 e. The molecule has 6 heteroatoms. The summed E-state index contributed by atoms with van der Waals surface area (Å²) >= 11 is 0. The van der Waals surface area contributed by atoms with E-state index in [0.29, 0.717) is 17.7 Å². The lowest BCUT2D eigenvalue weighted by atomic mass is 10.1. The van der Waals surface area contributed by atoms with Gasteiger partial charge in [-0.15, -0.1) is 0 Å². The minimum atomic E-state index is -3.54. The topological polar surface area (TPSA) is 49.4 Å². The van der Waals surface area contributed by atoms with Crippen molar-refractivity contribution < 1.29 is 12.8 Å². The Kier molecular flexibility index (Phi) is 5.06. The molecule has 0 unspecified atom stereocenters. The summed E-state index contributed by atoms with van der Waals surface area (Å²) in [6, 6.07) is 2.96. The molecule has 0 atom stereocenters. The highest BCUT2D eigenvalue weighted by molar-refractivity contribution is 7.89. The summed E-state index contributed by atoms with van der Waals surface area (Å²) in [5.41, 5.74) is 0.706. The fraction of sp³-hybridized carbons (Fsp3) is 0.538. The molecule has 1 aromatic rings. The molecule has 0 spiro atoms. The van der Waals surface area contributed by atoms with Crippen molar-refractivity contribution in [1.29, 1.82) is 0 Å². The van der Waals surface area contributed by atoms with Gasteiger partial charge in [0.1, 0.15) is 5.82 Å². The van der Waals surface area contributed by atoms with Gasteiger partial charge < -0.3 is 5.32 Å². The van der Waals surface area contributed by atoms with Crippen LogP contribution in [0.3, 0.4) is 0 Å². The normalized spacial score (nSPS) is 12.4. The molecule has 4 nitrogen and oxygen atoms in total. The van der Waals surface area contributed by atoms with Crippen molar-refractivity contribution >= 4 is 10.0 Å². The second kappa shape index (κ2) is 5.98. The van der Waals surface area contributed by atoms with Crippen LogP contribution in [-0.4, -0.2) is 32.9 Å². The van der Waals surface area contributed by atoms with Crippen LogP contribution in [0, 0.1) is 12.7 Å². The van der Waals surface area contributed by atoms with E-state index in [9.17, 15) is 12.8 Å². The Bertz CT molecular complexity index is 554. The number of sulfonamides is 1. The van der Waals surface area contributed by atoms with Crippen LogP contribution in [0.2, 0.25) is 0 Å². The Morgan fingerprint density at radius 1 is 1.32 bits per heavy atom. The monoisotopic (exact) mass is 288 g/mol. The zero-order chi connectivity index (χ0) is 14.8. The molecule has 1 N–H and O–H groups in total. The van der Waals surface area contributed by atoms with Gasteiger partial charge in [0, 0.05) is 32.2 Å². The van der Waals surface area contributed by atoms with Crippen molar-refractivity contribution in [1.82, 2.24) is 9.62 Å². The van der Waals surface area contributed by atoms with Crippen LogP contribution >= 0.6 is 0 Å². The van der Waals surface area contributed by atoms with E-state index >= 15 is 0 Å². The molecule has 0 aliphatic carbocycles. The standard InChI is InChI=1S/C13H21FN2O2S/c1-9(2)15-8-11-7-12(6-10(3)13(11)14)19(17,18)16(4)5/h6-7,9,15H,8H2,1-5H3. The molecule has 1 aromatic carbocycles. The molecule has 0 aliphatic heterocycles.